The van der Waals surface area contributed by atoms with E-state index in [1.54, 1.807) is 40.6 Å². The van der Waals surface area contributed by atoms with E-state index < -0.39 is 10.1 Å². The van der Waals surface area contributed by atoms with Crippen molar-refractivity contribution in [3.05, 3.63) is 47.5 Å². The molecule has 2 aromatic rings. The van der Waals surface area contributed by atoms with Gasteiger partial charge in [-0.25, -0.2) is 0 Å². The van der Waals surface area contributed by atoms with Gasteiger partial charge in [0.2, 0.25) is 0 Å². The fraction of sp³-hybridized carbons (Fsp3) is 0.556. The number of hydrogen-bond donors (Lipinski definition) is 2. The van der Waals surface area contributed by atoms with Crippen molar-refractivity contribution in [1.82, 2.24) is 5.32 Å². The predicted molar refractivity (Wildman–Crippen MR) is 153 cm³/mol. The first-order valence-corrected chi connectivity index (χ1v) is 14.2. The average molecular weight is 575 g/mol. The molecule has 224 valence electrons. The highest BCUT2D eigenvalue weighted by molar-refractivity contribution is 7.85. The van der Waals surface area contributed by atoms with Crippen LogP contribution in [0.1, 0.15) is 11.1 Å². The van der Waals surface area contributed by atoms with Crippen LogP contribution in [0.15, 0.2) is 36.4 Å². The number of ether oxygens (including phenoxy) is 6. The molecule has 0 bridgehead atoms. The van der Waals surface area contributed by atoms with Crippen molar-refractivity contribution in [2.75, 3.05) is 88.4 Å². The van der Waals surface area contributed by atoms with Crippen LogP contribution in [0, 0.1) is 0 Å². The van der Waals surface area contributed by atoms with Crippen molar-refractivity contribution in [2.45, 2.75) is 12.8 Å². The van der Waals surface area contributed by atoms with Crippen LogP contribution in [0.25, 0.3) is 0 Å². The summed E-state index contributed by atoms with van der Waals surface area (Å²) in [6, 6.07) is 11.4. The summed E-state index contributed by atoms with van der Waals surface area (Å²) in [5.41, 5.74) is 6.64. The minimum absolute atomic E-state index is 0.103. The molecule has 39 heavy (non-hydrogen) atoms. The van der Waals surface area contributed by atoms with Gasteiger partial charge in [0.05, 0.1) is 40.3 Å². The number of methoxy groups -OCH3 is 4. The summed E-state index contributed by atoms with van der Waals surface area (Å²) < 4.78 is 57.9. The van der Waals surface area contributed by atoms with Crippen LogP contribution in [-0.4, -0.2) is 96.8 Å². The van der Waals surface area contributed by atoms with E-state index in [0.717, 1.165) is 36.3 Å². The van der Waals surface area contributed by atoms with Crippen molar-refractivity contribution < 1.29 is 41.0 Å². The normalized spacial score (nSPS) is 10.5. The summed E-state index contributed by atoms with van der Waals surface area (Å²) in [6.45, 7) is 3.09. The van der Waals surface area contributed by atoms with Crippen LogP contribution in [-0.2, 0) is 36.6 Å². The fourth-order valence-corrected chi connectivity index (χ4v) is 3.41. The Bertz CT molecular complexity index is 1000. The number of nitrogens with two attached hydrogens (primary N) is 1. The van der Waals surface area contributed by atoms with Gasteiger partial charge >= 0.3 is 0 Å². The Kier molecular flexibility index (Phi) is 20.7. The molecule has 0 radical (unpaired) electrons. The third-order valence-electron chi connectivity index (χ3n) is 4.90. The van der Waals surface area contributed by atoms with Crippen molar-refractivity contribution >= 4 is 10.1 Å². The maximum Gasteiger partial charge on any atom is 0.264 e. The van der Waals surface area contributed by atoms with E-state index in [2.05, 4.69) is 17.1 Å². The van der Waals surface area contributed by atoms with Crippen LogP contribution in [0.5, 0.6) is 23.0 Å². The van der Waals surface area contributed by atoms with E-state index in [4.69, 9.17) is 32.6 Å². The van der Waals surface area contributed by atoms with Gasteiger partial charge in [-0.3, -0.25) is 4.18 Å². The van der Waals surface area contributed by atoms with Gasteiger partial charge in [-0.05, 0) is 68.9 Å². The molecular weight excluding hydrogens is 528 g/mol. The Labute approximate surface area is 233 Å². The van der Waals surface area contributed by atoms with E-state index in [9.17, 15) is 8.42 Å². The van der Waals surface area contributed by atoms with E-state index in [0.29, 0.717) is 44.3 Å². The summed E-state index contributed by atoms with van der Waals surface area (Å²) in [5, 5.41) is 3.12. The molecule has 11 nitrogen and oxygen atoms in total. The monoisotopic (exact) mass is 574 g/mol. The van der Waals surface area contributed by atoms with Crippen LogP contribution in [0.3, 0.4) is 0 Å². The molecule has 0 aliphatic heterocycles. The van der Waals surface area contributed by atoms with Gasteiger partial charge in [0.25, 0.3) is 10.1 Å². The SMILES string of the molecule is CN.CNCCc1ccc(OCCOC)c(OC)c1.COCCOc1ccc(CCOS(C)(=O)=O)cc1OC. The molecule has 2 aromatic carbocycles. The van der Waals surface area contributed by atoms with Crippen LogP contribution in [0.4, 0.5) is 0 Å². The second-order valence-corrected chi connectivity index (χ2v) is 9.43. The van der Waals surface area contributed by atoms with Crippen molar-refractivity contribution in [1.29, 1.82) is 0 Å². The predicted octanol–water partition coefficient (Wildman–Crippen LogP) is 2.30. The topological polar surface area (TPSA) is 137 Å². The Balaban J connectivity index is 0.000000704. The van der Waals surface area contributed by atoms with E-state index in [1.165, 1.54) is 12.6 Å². The van der Waals surface area contributed by atoms with Crippen molar-refractivity contribution in [3.63, 3.8) is 0 Å². The minimum atomic E-state index is -3.40. The molecule has 3 N–H and O–H groups in total. The zero-order valence-corrected chi connectivity index (χ0v) is 25.1. The molecular formula is C27H46N2O9S. The molecule has 2 rings (SSSR count). The van der Waals surface area contributed by atoms with Gasteiger partial charge in [-0.1, -0.05) is 12.1 Å². The lowest BCUT2D eigenvalue weighted by Gasteiger charge is -2.12. The zero-order valence-electron chi connectivity index (χ0n) is 24.3. The largest absolute Gasteiger partial charge is 0.493 e. The average Bonchev–Trinajstić information content (AvgIpc) is 2.94. The summed E-state index contributed by atoms with van der Waals surface area (Å²) in [4.78, 5) is 0. The summed E-state index contributed by atoms with van der Waals surface area (Å²) in [6.07, 6.45) is 2.48. The first kappa shape index (κ1) is 36.4. The molecule has 0 atom stereocenters. The fourth-order valence-electron chi connectivity index (χ4n) is 3.02. The second kappa shape index (κ2) is 22.2. The number of hydrogen-bond acceptors (Lipinski definition) is 11. The summed E-state index contributed by atoms with van der Waals surface area (Å²) >= 11 is 0. The quantitative estimate of drug-likeness (QED) is 0.213. The van der Waals surface area contributed by atoms with Crippen molar-refractivity contribution in [2.24, 2.45) is 5.73 Å². The van der Waals surface area contributed by atoms with E-state index in [1.807, 2.05) is 25.2 Å². The lowest BCUT2D eigenvalue weighted by molar-refractivity contribution is 0.144. The minimum Gasteiger partial charge on any atom is -0.493 e. The number of rotatable bonds is 17. The Hall–Kier alpha value is -2.61. The second-order valence-electron chi connectivity index (χ2n) is 7.78. The molecule has 0 aliphatic carbocycles. The molecule has 12 heteroatoms. The Morgan fingerprint density at radius 3 is 1.54 bits per heavy atom. The standard InChI is InChI=1S/C13H21NO3.C13H20O6S.CH5N/c1-14-7-6-11-4-5-12(13(10-11)16-3)17-9-8-15-2;1-16-8-9-18-12-5-4-11(10-13(12)17-2)6-7-19-20(3,14)15;1-2/h4-5,10,14H,6-9H2,1-3H3;4-5,10H,6-9H2,1-3H3;2H2,1H3. The molecule has 0 unspecified atom stereocenters. The first-order chi connectivity index (χ1) is 18.8. The number of benzene rings is 2. The van der Waals surface area contributed by atoms with Crippen LogP contribution in [0.2, 0.25) is 0 Å². The van der Waals surface area contributed by atoms with Gasteiger partial charge in [-0.15, -0.1) is 0 Å². The van der Waals surface area contributed by atoms with Gasteiger partial charge in [-0.2, -0.15) is 8.42 Å². The molecule has 0 heterocycles. The molecule has 0 fully saturated rings. The third-order valence-corrected chi connectivity index (χ3v) is 5.49. The van der Waals surface area contributed by atoms with Gasteiger partial charge in [0.15, 0.2) is 23.0 Å². The van der Waals surface area contributed by atoms with Gasteiger partial charge < -0.3 is 39.5 Å². The highest BCUT2D eigenvalue weighted by atomic mass is 32.2. The third kappa shape index (κ3) is 16.9. The van der Waals surface area contributed by atoms with Gasteiger partial charge in [0.1, 0.15) is 13.2 Å². The van der Waals surface area contributed by atoms with Crippen molar-refractivity contribution in [3.8, 4) is 23.0 Å². The number of nitrogens with one attached hydrogen (secondary N) is 1. The lowest BCUT2D eigenvalue weighted by Crippen LogP contribution is -2.10. The van der Waals surface area contributed by atoms with E-state index in [-0.39, 0.29) is 6.61 Å². The first-order valence-electron chi connectivity index (χ1n) is 12.4. The molecule has 0 aromatic heterocycles. The summed E-state index contributed by atoms with van der Waals surface area (Å²) in [7, 11) is 6.50. The summed E-state index contributed by atoms with van der Waals surface area (Å²) in [5.74, 6) is 2.75. The molecule has 0 spiro atoms. The maximum atomic E-state index is 10.9. The smallest absolute Gasteiger partial charge is 0.264 e. The van der Waals surface area contributed by atoms with Gasteiger partial charge in [0, 0.05) is 14.2 Å². The lowest BCUT2D eigenvalue weighted by atomic mass is 10.1. The van der Waals surface area contributed by atoms with E-state index >= 15 is 0 Å². The molecule has 0 saturated heterocycles. The molecule has 0 aliphatic rings. The molecule has 0 amide bonds. The Morgan fingerprint density at radius 1 is 0.692 bits per heavy atom. The Morgan fingerprint density at radius 2 is 1.15 bits per heavy atom. The highest BCUT2D eigenvalue weighted by Crippen LogP contribution is 2.29. The van der Waals surface area contributed by atoms with Crippen LogP contribution >= 0.6 is 0 Å². The zero-order chi connectivity index (χ0) is 29.5. The van der Waals surface area contributed by atoms with Crippen LogP contribution < -0.4 is 30.0 Å². The number of likely N-dealkylation sites (N-methyl/N-ethyl adjacent to an activating group) is 1. The molecule has 0 saturated carbocycles. The maximum absolute atomic E-state index is 10.9. The highest BCUT2D eigenvalue weighted by Gasteiger charge is 2.08.